The number of benzene rings is 1. The van der Waals surface area contributed by atoms with Gasteiger partial charge in [-0.15, -0.1) is 0 Å². The second-order valence-corrected chi connectivity index (χ2v) is 6.61. The van der Waals surface area contributed by atoms with E-state index in [2.05, 4.69) is 11.4 Å². The van der Waals surface area contributed by atoms with Crippen molar-refractivity contribution in [3.63, 3.8) is 0 Å². The van der Waals surface area contributed by atoms with Crippen molar-refractivity contribution in [3.8, 4) is 6.07 Å². The minimum absolute atomic E-state index is 0.420. The molecule has 128 valence electrons. The van der Waals surface area contributed by atoms with E-state index in [9.17, 15) is 14.9 Å². The van der Waals surface area contributed by atoms with E-state index in [0.29, 0.717) is 18.4 Å². The number of hydrogen-bond donors (Lipinski definition) is 1. The minimum atomic E-state index is -0.939. The largest absolute Gasteiger partial charge is 0.449 e. The maximum absolute atomic E-state index is 12.3. The van der Waals surface area contributed by atoms with Gasteiger partial charge in [0.15, 0.2) is 6.10 Å². The second kappa shape index (κ2) is 7.48. The third-order valence-electron chi connectivity index (χ3n) is 4.54. The Balaban J connectivity index is 2.00. The lowest BCUT2D eigenvalue weighted by Gasteiger charge is -2.32. The fourth-order valence-corrected chi connectivity index (χ4v) is 3.08. The summed E-state index contributed by atoms with van der Waals surface area (Å²) < 4.78 is 5.29. The standard InChI is InChI=1S/C19H24N2O3/c1-13-7-8-16(14(2)11-13)18(23)24-15(3)17(22)21-19(12-20)9-5-4-6-10-19/h7-8,11,15H,4-6,9-10H2,1-3H3,(H,21,22)/t15-/m0/s1. The van der Waals surface area contributed by atoms with E-state index in [1.54, 1.807) is 6.07 Å². The van der Waals surface area contributed by atoms with Gasteiger partial charge in [-0.2, -0.15) is 5.26 Å². The molecule has 0 saturated heterocycles. The molecule has 1 fully saturated rings. The Morgan fingerprint density at radius 1 is 1.25 bits per heavy atom. The first-order valence-corrected chi connectivity index (χ1v) is 8.38. The van der Waals surface area contributed by atoms with Gasteiger partial charge in [-0.1, -0.05) is 37.0 Å². The third-order valence-corrected chi connectivity index (χ3v) is 4.54. The number of amides is 1. The van der Waals surface area contributed by atoms with Crippen LogP contribution in [0.2, 0.25) is 0 Å². The Hall–Kier alpha value is -2.35. The molecule has 1 aromatic carbocycles. The number of rotatable bonds is 4. The molecule has 1 atom stereocenters. The predicted octanol–water partition coefficient (Wildman–Crippen LogP) is 3.19. The molecule has 1 aliphatic rings. The first-order valence-electron chi connectivity index (χ1n) is 8.38. The third kappa shape index (κ3) is 4.14. The summed E-state index contributed by atoms with van der Waals surface area (Å²) in [4.78, 5) is 24.6. The van der Waals surface area contributed by atoms with E-state index in [0.717, 1.165) is 30.4 Å². The smallest absolute Gasteiger partial charge is 0.339 e. The van der Waals surface area contributed by atoms with Crippen LogP contribution >= 0.6 is 0 Å². The number of ether oxygens (including phenoxy) is 1. The van der Waals surface area contributed by atoms with Crippen molar-refractivity contribution in [2.24, 2.45) is 0 Å². The lowest BCUT2D eigenvalue weighted by Crippen LogP contribution is -2.52. The van der Waals surface area contributed by atoms with Crippen LogP contribution in [0.1, 0.15) is 60.5 Å². The van der Waals surface area contributed by atoms with Gasteiger partial charge >= 0.3 is 5.97 Å². The first-order chi connectivity index (χ1) is 11.4. The van der Waals surface area contributed by atoms with Gasteiger partial charge in [0.2, 0.25) is 0 Å². The molecule has 0 heterocycles. The van der Waals surface area contributed by atoms with E-state index in [-0.39, 0.29) is 0 Å². The molecule has 0 aromatic heterocycles. The molecule has 1 N–H and O–H groups in total. The molecule has 0 aliphatic heterocycles. The Kier molecular flexibility index (Phi) is 5.61. The number of nitrogens with one attached hydrogen (secondary N) is 1. The predicted molar refractivity (Wildman–Crippen MR) is 90.4 cm³/mol. The molecule has 1 amide bonds. The highest BCUT2D eigenvalue weighted by atomic mass is 16.5. The molecule has 1 aliphatic carbocycles. The summed E-state index contributed by atoms with van der Waals surface area (Å²) in [7, 11) is 0. The van der Waals surface area contributed by atoms with Gasteiger partial charge in [-0.3, -0.25) is 4.79 Å². The van der Waals surface area contributed by atoms with Crippen LogP contribution in [0, 0.1) is 25.2 Å². The Morgan fingerprint density at radius 3 is 2.50 bits per heavy atom. The van der Waals surface area contributed by atoms with E-state index in [1.807, 2.05) is 26.0 Å². The second-order valence-electron chi connectivity index (χ2n) is 6.61. The highest BCUT2D eigenvalue weighted by Gasteiger charge is 2.35. The zero-order valence-corrected chi connectivity index (χ0v) is 14.5. The highest BCUT2D eigenvalue weighted by Crippen LogP contribution is 2.27. The van der Waals surface area contributed by atoms with Gasteiger partial charge in [0.1, 0.15) is 5.54 Å². The van der Waals surface area contributed by atoms with Gasteiger partial charge in [-0.25, -0.2) is 4.79 Å². The number of aryl methyl sites for hydroxylation is 2. The summed E-state index contributed by atoms with van der Waals surface area (Å²) in [6.07, 6.45) is 3.27. The summed E-state index contributed by atoms with van der Waals surface area (Å²) >= 11 is 0. The summed E-state index contributed by atoms with van der Waals surface area (Å²) in [5.74, 6) is -0.943. The molecule has 0 bridgehead atoms. The molecule has 1 aromatic rings. The van der Waals surface area contributed by atoms with Crippen molar-refractivity contribution in [1.82, 2.24) is 5.32 Å². The fraction of sp³-hybridized carbons (Fsp3) is 0.526. The number of nitrogens with zero attached hydrogens (tertiary/aromatic N) is 1. The van der Waals surface area contributed by atoms with Gasteiger partial charge in [0, 0.05) is 0 Å². The molecule has 0 unspecified atom stereocenters. The molecule has 2 rings (SSSR count). The van der Waals surface area contributed by atoms with Crippen molar-refractivity contribution >= 4 is 11.9 Å². The van der Waals surface area contributed by atoms with Crippen molar-refractivity contribution in [3.05, 3.63) is 34.9 Å². The molecule has 0 radical (unpaired) electrons. The van der Waals surface area contributed by atoms with Crippen LogP contribution in [0.25, 0.3) is 0 Å². The lowest BCUT2D eigenvalue weighted by molar-refractivity contribution is -0.130. The van der Waals surface area contributed by atoms with Gasteiger partial charge in [0.05, 0.1) is 11.6 Å². The fourth-order valence-electron chi connectivity index (χ4n) is 3.08. The van der Waals surface area contributed by atoms with Crippen LogP contribution in [0.15, 0.2) is 18.2 Å². The van der Waals surface area contributed by atoms with E-state index in [1.165, 1.54) is 6.92 Å². The number of esters is 1. The lowest BCUT2D eigenvalue weighted by atomic mass is 9.83. The number of carbonyl (C=O) groups is 2. The average molecular weight is 328 g/mol. The average Bonchev–Trinajstić information content (AvgIpc) is 2.55. The van der Waals surface area contributed by atoms with Gasteiger partial charge in [0.25, 0.3) is 5.91 Å². The molecular weight excluding hydrogens is 304 g/mol. The van der Waals surface area contributed by atoms with Crippen molar-refractivity contribution in [2.45, 2.75) is 64.5 Å². The Labute approximate surface area is 143 Å². The minimum Gasteiger partial charge on any atom is -0.449 e. The summed E-state index contributed by atoms with van der Waals surface area (Å²) in [5.41, 5.74) is 1.50. The number of carbonyl (C=O) groups excluding carboxylic acids is 2. The normalized spacial score (nSPS) is 17.4. The van der Waals surface area contributed by atoms with E-state index >= 15 is 0 Å². The maximum atomic E-state index is 12.3. The van der Waals surface area contributed by atoms with E-state index in [4.69, 9.17) is 4.74 Å². The highest BCUT2D eigenvalue weighted by molar-refractivity contribution is 5.93. The van der Waals surface area contributed by atoms with Crippen LogP contribution < -0.4 is 5.32 Å². The maximum Gasteiger partial charge on any atom is 0.339 e. The van der Waals surface area contributed by atoms with Gasteiger partial charge in [-0.05, 0) is 45.2 Å². The molecule has 24 heavy (non-hydrogen) atoms. The molecule has 1 saturated carbocycles. The number of hydrogen-bond acceptors (Lipinski definition) is 4. The summed E-state index contributed by atoms with van der Waals surface area (Å²) in [5, 5.41) is 12.2. The Morgan fingerprint density at radius 2 is 1.92 bits per heavy atom. The van der Waals surface area contributed by atoms with Crippen molar-refractivity contribution < 1.29 is 14.3 Å². The van der Waals surface area contributed by atoms with Crippen molar-refractivity contribution in [1.29, 1.82) is 5.26 Å². The number of nitriles is 1. The van der Waals surface area contributed by atoms with Gasteiger partial charge < -0.3 is 10.1 Å². The zero-order chi connectivity index (χ0) is 17.7. The van der Waals surface area contributed by atoms with Crippen LogP contribution in [0.5, 0.6) is 0 Å². The molecule has 5 nitrogen and oxygen atoms in total. The zero-order valence-electron chi connectivity index (χ0n) is 14.5. The van der Waals surface area contributed by atoms with E-state index < -0.39 is 23.5 Å². The SMILES string of the molecule is Cc1ccc(C(=O)O[C@@H](C)C(=O)NC2(C#N)CCCCC2)c(C)c1. The van der Waals surface area contributed by atoms with Crippen LogP contribution in [0.4, 0.5) is 0 Å². The quantitative estimate of drug-likeness (QED) is 0.861. The molecular formula is C19H24N2O3. The molecule has 5 heteroatoms. The summed E-state index contributed by atoms with van der Waals surface area (Å²) in [6.45, 7) is 5.31. The van der Waals surface area contributed by atoms with Crippen LogP contribution in [0.3, 0.4) is 0 Å². The monoisotopic (exact) mass is 328 g/mol. The van der Waals surface area contributed by atoms with Crippen LogP contribution in [-0.2, 0) is 9.53 Å². The topological polar surface area (TPSA) is 79.2 Å². The Bertz CT molecular complexity index is 670. The first kappa shape index (κ1) is 18.0. The molecule has 0 spiro atoms. The summed E-state index contributed by atoms with van der Waals surface area (Å²) in [6, 6.07) is 7.67. The van der Waals surface area contributed by atoms with Crippen molar-refractivity contribution in [2.75, 3.05) is 0 Å². The van der Waals surface area contributed by atoms with Crippen LogP contribution in [-0.4, -0.2) is 23.5 Å².